The Morgan fingerprint density at radius 3 is 2.62 bits per heavy atom. The van der Waals surface area contributed by atoms with E-state index in [4.69, 9.17) is 4.98 Å². The van der Waals surface area contributed by atoms with Gasteiger partial charge in [0.2, 0.25) is 0 Å². The lowest BCUT2D eigenvalue weighted by Crippen LogP contribution is -2.38. The number of urea groups is 1. The SMILES string of the molecule is CC(=O)c1cccc(NC(=O)N2CCCN(c3nc4ccccc4n4cccc34)CC2)c1. The summed E-state index contributed by atoms with van der Waals surface area (Å²) < 4.78 is 2.18. The number of rotatable bonds is 3. The van der Waals surface area contributed by atoms with Crippen LogP contribution in [0.4, 0.5) is 16.3 Å². The number of nitrogens with zero attached hydrogens (tertiary/aromatic N) is 4. The number of fused-ring (bicyclic) bond motifs is 3. The summed E-state index contributed by atoms with van der Waals surface area (Å²) in [4.78, 5) is 33.6. The van der Waals surface area contributed by atoms with Crippen LogP contribution in [-0.4, -0.2) is 52.3 Å². The lowest BCUT2D eigenvalue weighted by molar-refractivity contribution is 0.101. The molecule has 2 aromatic heterocycles. The Morgan fingerprint density at radius 1 is 0.906 bits per heavy atom. The molecular weight excluding hydrogens is 402 g/mol. The molecule has 0 bridgehead atoms. The summed E-state index contributed by atoms with van der Waals surface area (Å²) in [6.07, 6.45) is 2.91. The molecule has 0 radical (unpaired) electrons. The highest BCUT2D eigenvalue weighted by Gasteiger charge is 2.22. The molecule has 2 aromatic carbocycles. The molecule has 4 aromatic rings. The Kier molecular flexibility index (Phi) is 5.23. The highest BCUT2D eigenvalue weighted by atomic mass is 16.2. The maximum absolute atomic E-state index is 12.9. The maximum Gasteiger partial charge on any atom is 0.321 e. The van der Waals surface area contributed by atoms with Crippen molar-refractivity contribution in [2.24, 2.45) is 0 Å². The van der Waals surface area contributed by atoms with E-state index in [2.05, 4.69) is 32.9 Å². The van der Waals surface area contributed by atoms with Crippen molar-refractivity contribution < 1.29 is 9.59 Å². The Hall–Kier alpha value is -3.87. The minimum absolute atomic E-state index is 0.0221. The van der Waals surface area contributed by atoms with Crippen LogP contribution < -0.4 is 10.2 Å². The van der Waals surface area contributed by atoms with E-state index in [1.54, 1.807) is 24.3 Å². The van der Waals surface area contributed by atoms with Gasteiger partial charge < -0.3 is 19.5 Å². The second-order valence-electron chi connectivity index (χ2n) is 8.08. The van der Waals surface area contributed by atoms with Crippen LogP contribution in [-0.2, 0) is 0 Å². The first-order valence-corrected chi connectivity index (χ1v) is 10.9. The number of anilines is 2. The van der Waals surface area contributed by atoms with Gasteiger partial charge in [0.05, 0.1) is 16.6 Å². The van der Waals surface area contributed by atoms with E-state index in [9.17, 15) is 9.59 Å². The predicted molar refractivity (Wildman–Crippen MR) is 127 cm³/mol. The van der Waals surface area contributed by atoms with Crippen LogP contribution in [0.25, 0.3) is 16.6 Å². The van der Waals surface area contributed by atoms with Gasteiger partial charge in [0.25, 0.3) is 0 Å². The van der Waals surface area contributed by atoms with Crippen LogP contribution in [0.15, 0.2) is 66.9 Å². The zero-order chi connectivity index (χ0) is 22.1. The largest absolute Gasteiger partial charge is 0.353 e. The van der Waals surface area contributed by atoms with Crippen LogP contribution in [0.2, 0.25) is 0 Å². The molecule has 0 spiro atoms. The van der Waals surface area contributed by atoms with Crippen molar-refractivity contribution in [3.63, 3.8) is 0 Å². The molecule has 5 rings (SSSR count). The van der Waals surface area contributed by atoms with Crippen molar-refractivity contribution in [1.82, 2.24) is 14.3 Å². The Bertz CT molecular complexity index is 1310. The predicted octanol–water partition coefficient (Wildman–Crippen LogP) is 4.43. The van der Waals surface area contributed by atoms with Crippen LogP contribution >= 0.6 is 0 Å². The molecule has 0 atom stereocenters. The van der Waals surface area contributed by atoms with Crippen molar-refractivity contribution in [1.29, 1.82) is 0 Å². The Labute approximate surface area is 186 Å². The fraction of sp³-hybridized carbons (Fsp3) is 0.240. The second kappa shape index (κ2) is 8.34. The number of aromatic nitrogens is 2. The topological polar surface area (TPSA) is 70.0 Å². The number of Topliss-reactive ketones (excluding diaryl/α,β-unsaturated/α-hetero) is 1. The van der Waals surface area contributed by atoms with E-state index in [-0.39, 0.29) is 11.8 Å². The monoisotopic (exact) mass is 427 g/mol. The van der Waals surface area contributed by atoms with E-state index < -0.39 is 0 Å². The molecular formula is C25H25N5O2. The third-order valence-corrected chi connectivity index (χ3v) is 5.95. The first kappa shape index (κ1) is 20.1. The average Bonchev–Trinajstić information content (AvgIpc) is 3.17. The van der Waals surface area contributed by atoms with Gasteiger partial charge in [-0.1, -0.05) is 24.3 Å². The van der Waals surface area contributed by atoms with E-state index >= 15 is 0 Å². The fourth-order valence-electron chi connectivity index (χ4n) is 4.29. The van der Waals surface area contributed by atoms with Gasteiger partial charge in [0.15, 0.2) is 11.6 Å². The van der Waals surface area contributed by atoms with Crippen LogP contribution in [0.3, 0.4) is 0 Å². The van der Waals surface area contributed by atoms with Gasteiger partial charge in [0.1, 0.15) is 0 Å². The van der Waals surface area contributed by atoms with Gasteiger partial charge in [-0.25, -0.2) is 9.78 Å². The Morgan fingerprint density at radius 2 is 1.75 bits per heavy atom. The van der Waals surface area contributed by atoms with E-state index in [0.717, 1.165) is 35.3 Å². The molecule has 0 saturated carbocycles. The number of para-hydroxylation sites is 2. The van der Waals surface area contributed by atoms with Crippen LogP contribution in [0.1, 0.15) is 23.7 Å². The molecule has 162 valence electrons. The van der Waals surface area contributed by atoms with E-state index in [1.807, 2.05) is 29.2 Å². The van der Waals surface area contributed by atoms with Gasteiger partial charge in [-0.2, -0.15) is 0 Å². The number of carbonyl (C=O) groups is 2. The third kappa shape index (κ3) is 3.77. The minimum atomic E-state index is -0.146. The molecule has 1 N–H and O–H groups in total. The zero-order valence-electron chi connectivity index (χ0n) is 18.0. The van der Waals surface area contributed by atoms with Crippen molar-refractivity contribution in [2.45, 2.75) is 13.3 Å². The lowest BCUT2D eigenvalue weighted by Gasteiger charge is -2.24. The summed E-state index contributed by atoms with van der Waals surface area (Å²) in [6.45, 7) is 4.31. The highest BCUT2D eigenvalue weighted by molar-refractivity contribution is 5.96. The molecule has 1 fully saturated rings. The Balaban J connectivity index is 1.34. The first-order chi connectivity index (χ1) is 15.6. The van der Waals surface area contributed by atoms with Crippen molar-refractivity contribution in [3.05, 3.63) is 72.4 Å². The minimum Gasteiger partial charge on any atom is -0.353 e. The molecule has 7 nitrogen and oxygen atoms in total. The number of benzene rings is 2. The number of hydrogen-bond donors (Lipinski definition) is 1. The fourth-order valence-corrected chi connectivity index (χ4v) is 4.29. The summed E-state index contributed by atoms with van der Waals surface area (Å²) in [6, 6.07) is 19.2. The third-order valence-electron chi connectivity index (χ3n) is 5.95. The molecule has 3 heterocycles. The number of hydrogen-bond acceptors (Lipinski definition) is 4. The van der Waals surface area contributed by atoms with E-state index in [1.165, 1.54) is 6.92 Å². The molecule has 0 unspecified atom stereocenters. The molecule has 32 heavy (non-hydrogen) atoms. The number of ketones is 1. The van der Waals surface area contributed by atoms with Crippen LogP contribution in [0.5, 0.6) is 0 Å². The van der Waals surface area contributed by atoms with Gasteiger partial charge in [-0.15, -0.1) is 0 Å². The summed E-state index contributed by atoms with van der Waals surface area (Å²) in [5.74, 6) is 0.927. The maximum atomic E-state index is 12.9. The molecule has 1 saturated heterocycles. The molecule has 7 heteroatoms. The second-order valence-corrected chi connectivity index (χ2v) is 8.08. The summed E-state index contributed by atoms with van der Waals surface area (Å²) in [7, 11) is 0. The smallest absolute Gasteiger partial charge is 0.321 e. The number of nitrogens with one attached hydrogen (secondary N) is 1. The van der Waals surface area contributed by atoms with Crippen molar-refractivity contribution >= 4 is 39.9 Å². The summed E-state index contributed by atoms with van der Waals surface area (Å²) in [5.41, 5.74) is 4.33. The van der Waals surface area contributed by atoms with Gasteiger partial charge in [-0.3, -0.25) is 4.79 Å². The average molecular weight is 428 g/mol. The van der Waals surface area contributed by atoms with Crippen molar-refractivity contribution in [2.75, 3.05) is 36.4 Å². The van der Waals surface area contributed by atoms with Crippen LogP contribution in [0, 0.1) is 0 Å². The number of carbonyl (C=O) groups excluding carboxylic acids is 2. The standard InChI is InChI=1S/C25H25N5O2/c1-18(31)19-7-4-8-20(17-19)26-25(32)29-13-6-12-28(15-16-29)24-23-11-5-14-30(23)22-10-3-2-9-21(22)27-24/h2-5,7-11,14,17H,6,12-13,15-16H2,1H3,(H,26,32). The lowest BCUT2D eigenvalue weighted by atomic mass is 10.1. The number of amides is 2. The van der Waals surface area contributed by atoms with E-state index in [0.29, 0.717) is 30.9 Å². The normalized spacial score (nSPS) is 14.5. The molecule has 1 aliphatic heterocycles. The van der Waals surface area contributed by atoms with Gasteiger partial charge in [-0.05, 0) is 49.7 Å². The first-order valence-electron chi connectivity index (χ1n) is 10.9. The summed E-state index contributed by atoms with van der Waals surface area (Å²) in [5, 5.41) is 2.94. The van der Waals surface area contributed by atoms with Gasteiger partial charge >= 0.3 is 6.03 Å². The highest BCUT2D eigenvalue weighted by Crippen LogP contribution is 2.26. The molecule has 0 aliphatic carbocycles. The summed E-state index contributed by atoms with van der Waals surface area (Å²) >= 11 is 0. The zero-order valence-corrected chi connectivity index (χ0v) is 18.0. The molecule has 1 aliphatic rings. The quantitative estimate of drug-likeness (QED) is 0.491. The van der Waals surface area contributed by atoms with Crippen molar-refractivity contribution in [3.8, 4) is 0 Å². The van der Waals surface area contributed by atoms with Gasteiger partial charge in [0, 0.05) is 43.6 Å². The molecule has 2 amide bonds.